The van der Waals surface area contributed by atoms with Crippen LogP contribution in [0.1, 0.15) is 37.0 Å². The lowest BCUT2D eigenvalue weighted by Crippen LogP contribution is -2.50. The van der Waals surface area contributed by atoms with E-state index in [0.717, 1.165) is 5.57 Å². The number of nitrogens with zero attached hydrogens (tertiary/aromatic N) is 3. The number of amides is 1. The zero-order chi connectivity index (χ0) is 23.9. The van der Waals surface area contributed by atoms with Gasteiger partial charge in [0.25, 0.3) is 11.8 Å². The average molecular weight is 477 g/mol. The van der Waals surface area contributed by atoms with Gasteiger partial charge in [-0.15, -0.1) is 0 Å². The third kappa shape index (κ3) is 7.30. The number of aliphatic imine (C=N–C) groups is 2. The van der Waals surface area contributed by atoms with Crippen LogP contribution in [0.5, 0.6) is 5.75 Å². The molecule has 2 rings (SSSR count). The van der Waals surface area contributed by atoms with Crippen molar-refractivity contribution in [3.8, 4) is 5.75 Å². The van der Waals surface area contributed by atoms with Crippen LogP contribution in [-0.2, 0) is 0 Å². The van der Waals surface area contributed by atoms with Gasteiger partial charge in [0.05, 0.1) is 10.6 Å². The first kappa shape index (κ1) is 25.8. The van der Waals surface area contributed by atoms with Crippen molar-refractivity contribution < 1.29 is 27.1 Å². The topological polar surface area (TPSA) is 66.3 Å². The van der Waals surface area contributed by atoms with Gasteiger partial charge in [0.1, 0.15) is 11.6 Å². The zero-order valence-electron chi connectivity index (χ0n) is 17.8. The monoisotopic (exact) mass is 476 g/mol. The molecular weight excluding hydrogens is 452 g/mol. The van der Waals surface area contributed by atoms with E-state index in [1.165, 1.54) is 18.2 Å². The molecule has 1 amide bonds. The van der Waals surface area contributed by atoms with Crippen LogP contribution in [0.4, 0.5) is 17.6 Å². The van der Waals surface area contributed by atoms with Crippen molar-refractivity contribution in [2.24, 2.45) is 9.98 Å². The Hall–Kier alpha value is -2.46. The average Bonchev–Trinajstić information content (AvgIpc) is 2.74. The van der Waals surface area contributed by atoms with Crippen molar-refractivity contribution in [1.82, 2.24) is 10.2 Å². The lowest BCUT2D eigenvalue weighted by molar-refractivity contribution is -0.0602. The number of halogens is 5. The molecule has 1 aromatic rings. The lowest BCUT2D eigenvalue weighted by atomic mass is 10.0. The molecule has 11 heteroatoms. The summed E-state index contributed by atoms with van der Waals surface area (Å²) in [6, 6.07) is 3.55. The number of hydrogen-bond acceptors (Lipinski definition) is 4. The Kier molecular flexibility index (Phi) is 9.21. The molecule has 0 saturated carbocycles. The van der Waals surface area contributed by atoms with Crippen LogP contribution < -0.4 is 10.1 Å². The quantitative estimate of drug-likeness (QED) is 0.333. The first-order valence-electron chi connectivity index (χ1n) is 9.85. The fraction of sp³-hybridized carbons (Fsp3) is 0.476. The third-order valence-electron chi connectivity index (χ3n) is 5.06. The van der Waals surface area contributed by atoms with Crippen LogP contribution in [0.3, 0.4) is 0 Å². The molecule has 176 valence electrons. The first-order chi connectivity index (χ1) is 15.0. The summed E-state index contributed by atoms with van der Waals surface area (Å²) in [4.78, 5) is 22.4. The predicted octanol–water partition coefficient (Wildman–Crippen LogP) is 4.79. The number of carbonyl (C=O) groups is 1. The third-order valence-corrected chi connectivity index (χ3v) is 5.45. The molecule has 1 aromatic carbocycles. The fourth-order valence-corrected chi connectivity index (χ4v) is 3.48. The molecule has 32 heavy (non-hydrogen) atoms. The van der Waals surface area contributed by atoms with E-state index in [9.17, 15) is 22.4 Å². The number of likely N-dealkylation sites (tertiary alicyclic amines) is 1. The van der Waals surface area contributed by atoms with Gasteiger partial charge >= 0.3 is 6.61 Å². The number of piperidine rings is 1. The van der Waals surface area contributed by atoms with Gasteiger partial charge in [-0.05, 0) is 38.3 Å². The molecule has 1 saturated heterocycles. The van der Waals surface area contributed by atoms with E-state index < -0.39 is 24.5 Å². The Bertz CT molecular complexity index is 883. The largest absolute Gasteiger partial charge is 0.433 e. The van der Waals surface area contributed by atoms with E-state index in [1.807, 2.05) is 4.90 Å². The van der Waals surface area contributed by atoms with Crippen LogP contribution >= 0.6 is 11.6 Å². The molecule has 0 aliphatic carbocycles. The number of amidine groups is 1. The minimum atomic E-state index is -3.09. The highest BCUT2D eigenvalue weighted by Gasteiger charge is 2.36. The Labute approximate surface area is 189 Å². The maximum Gasteiger partial charge on any atom is 0.387 e. The van der Waals surface area contributed by atoms with Crippen molar-refractivity contribution >= 4 is 30.1 Å². The zero-order valence-corrected chi connectivity index (χ0v) is 18.5. The normalized spacial score (nSPS) is 18.4. The minimum Gasteiger partial charge on any atom is -0.433 e. The van der Waals surface area contributed by atoms with Gasteiger partial charge < -0.3 is 10.1 Å². The van der Waals surface area contributed by atoms with E-state index in [-0.39, 0.29) is 48.8 Å². The number of hydrogen-bond donors (Lipinski definition) is 1. The molecule has 1 aliphatic rings. The number of nitrogens with one attached hydrogen (secondary N) is 1. The molecule has 1 atom stereocenters. The van der Waals surface area contributed by atoms with Crippen LogP contribution in [0.15, 0.2) is 40.0 Å². The minimum absolute atomic E-state index is 0.0416. The second kappa shape index (κ2) is 11.4. The first-order valence-corrected chi connectivity index (χ1v) is 10.2. The van der Waals surface area contributed by atoms with E-state index >= 15 is 0 Å². The molecule has 1 unspecified atom stereocenters. The predicted molar refractivity (Wildman–Crippen MR) is 116 cm³/mol. The second-order valence-corrected chi connectivity index (χ2v) is 7.70. The summed E-state index contributed by atoms with van der Waals surface area (Å²) in [5.41, 5.74) is 0.680. The molecule has 1 heterocycles. The van der Waals surface area contributed by atoms with E-state index in [2.05, 4.69) is 26.8 Å². The Morgan fingerprint density at radius 1 is 1.34 bits per heavy atom. The molecule has 0 aromatic heterocycles. The van der Waals surface area contributed by atoms with Gasteiger partial charge in [0.15, 0.2) is 0 Å². The van der Waals surface area contributed by atoms with Gasteiger partial charge in [-0.2, -0.15) is 8.78 Å². The van der Waals surface area contributed by atoms with Gasteiger partial charge in [0.2, 0.25) is 0 Å². The summed E-state index contributed by atoms with van der Waals surface area (Å²) >= 11 is 6.05. The SMILES string of the molecule is C=NC(C)=N/C=C(\C)C(CNC(=O)c1cccc(OC(F)F)c1Cl)N1CCC(F)(F)CC1. The summed E-state index contributed by atoms with van der Waals surface area (Å²) in [7, 11) is 0. The molecule has 1 N–H and O–H groups in total. The highest BCUT2D eigenvalue weighted by molar-refractivity contribution is 6.35. The molecular formula is C21H25ClF4N4O2. The molecule has 0 bridgehead atoms. The summed E-state index contributed by atoms with van der Waals surface area (Å²) in [5.74, 6) is -3.22. The Morgan fingerprint density at radius 3 is 2.59 bits per heavy atom. The number of benzene rings is 1. The van der Waals surface area contributed by atoms with Crippen LogP contribution in [0.2, 0.25) is 5.02 Å². The molecule has 0 radical (unpaired) electrons. The highest BCUT2D eigenvalue weighted by atomic mass is 35.5. The number of alkyl halides is 4. The smallest absolute Gasteiger partial charge is 0.387 e. The van der Waals surface area contributed by atoms with E-state index in [0.29, 0.717) is 5.84 Å². The molecule has 1 aliphatic heterocycles. The fourth-order valence-electron chi connectivity index (χ4n) is 3.22. The Balaban J connectivity index is 2.19. The number of carbonyl (C=O) groups excluding carboxylic acids is 1. The van der Waals surface area contributed by atoms with Crippen LogP contribution in [0.25, 0.3) is 0 Å². The molecule has 1 fully saturated rings. The summed E-state index contributed by atoms with van der Waals surface area (Å²) < 4.78 is 56.6. The van der Waals surface area contributed by atoms with E-state index in [1.54, 1.807) is 20.0 Å². The summed E-state index contributed by atoms with van der Waals surface area (Å²) in [6.45, 7) is 4.07. The van der Waals surface area contributed by atoms with Crippen molar-refractivity contribution in [3.63, 3.8) is 0 Å². The van der Waals surface area contributed by atoms with Crippen molar-refractivity contribution in [2.45, 2.75) is 45.3 Å². The van der Waals surface area contributed by atoms with Crippen LogP contribution in [-0.4, -0.2) is 61.6 Å². The maximum atomic E-state index is 13.6. The Morgan fingerprint density at radius 2 is 2.00 bits per heavy atom. The summed E-state index contributed by atoms with van der Waals surface area (Å²) in [5, 5.41) is 2.45. The van der Waals surface area contributed by atoms with Crippen molar-refractivity contribution in [1.29, 1.82) is 0 Å². The molecule has 0 spiro atoms. The van der Waals surface area contributed by atoms with Crippen LogP contribution in [0, 0.1) is 0 Å². The molecule has 6 nitrogen and oxygen atoms in total. The van der Waals surface area contributed by atoms with Gasteiger partial charge in [0, 0.05) is 44.7 Å². The highest BCUT2D eigenvalue weighted by Crippen LogP contribution is 2.31. The van der Waals surface area contributed by atoms with E-state index in [4.69, 9.17) is 11.6 Å². The van der Waals surface area contributed by atoms with Gasteiger partial charge in [-0.3, -0.25) is 9.69 Å². The van der Waals surface area contributed by atoms with Crippen molar-refractivity contribution in [3.05, 3.63) is 40.6 Å². The van der Waals surface area contributed by atoms with Crippen molar-refractivity contribution in [2.75, 3.05) is 19.6 Å². The summed E-state index contributed by atoms with van der Waals surface area (Å²) in [6.07, 6.45) is 0.970. The number of ether oxygens (including phenoxy) is 1. The van der Waals surface area contributed by atoms with Gasteiger partial charge in [-0.1, -0.05) is 17.7 Å². The maximum absolute atomic E-state index is 13.6. The lowest BCUT2D eigenvalue weighted by Gasteiger charge is -2.38. The number of rotatable bonds is 8. The standard InChI is InChI=1S/C21H25ClF4N4O2/c1-13(11-28-14(2)27-3)16(30-9-7-21(25,26)8-10-30)12-29-19(31)15-5-4-6-17(18(15)22)32-20(23)24/h4-6,11,16,20H,3,7-10,12H2,1-2H3,(H,29,31)/b13-11+,28-14?. The second-order valence-electron chi connectivity index (χ2n) is 7.32. The van der Waals surface area contributed by atoms with Gasteiger partial charge in [-0.25, -0.2) is 18.8 Å².